The number of aryl methyl sites for hydroxylation is 2. The SMILES string of the molecule is CCC(=O)c1cnc2c(OCCCNc3nccs3)cccc2c1Nc1c(C)cccc1C. The molecule has 2 aromatic carbocycles. The molecule has 0 saturated carbocycles. The molecule has 0 saturated heterocycles. The number of aromatic nitrogens is 2. The highest BCUT2D eigenvalue weighted by atomic mass is 32.1. The Bertz CT molecular complexity index is 1230. The van der Waals surface area contributed by atoms with Crippen LogP contribution in [0.1, 0.15) is 41.3 Å². The average Bonchev–Trinajstić information content (AvgIpc) is 3.34. The van der Waals surface area contributed by atoms with Crippen LogP contribution in [0.5, 0.6) is 5.75 Å². The molecule has 0 aliphatic rings. The van der Waals surface area contributed by atoms with Crippen molar-refractivity contribution < 1.29 is 9.53 Å². The number of ether oxygens (including phenoxy) is 1. The number of hydrogen-bond donors (Lipinski definition) is 2. The Labute approximate surface area is 198 Å². The molecule has 170 valence electrons. The van der Waals surface area contributed by atoms with E-state index in [-0.39, 0.29) is 5.78 Å². The van der Waals surface area contributed by atoms with E-state index in [9.17, 15) is 4.79 Å². The van der Waals surface area contributed by atoms with Crippen LogP contribution in [0.3, 0.4) is 0 Å². The third-order valence-electron chi connectivity index (χ3n) is 5.50. The fourth-order valence-corrected chi connectivity index (χ4v) is 4.30. The predicted octanol–water partition coefficient (Wildman–Crippen LogP) is 6.53. The molecule has 2 heterocycles. The van der Waals surface area contributed by atoms with Gasteiger partial charge in [-0.1, -0.05) is 37.3 Å². The van der Waals surface area contributed by atoms with Gasteiger partial charge in [0.25, 0.3) is 0 Å². The van der Waals surface area contributed by atoms with Crippen LogP contribution in [-0.2, 0) is 0 Å². The number of anilines is 3. The van der Waals surface area contributed by atoms with Gasteiger partial charge in [0.15, 0.2) is 10.9 Å². The highest BCUT2D eigenvalue weighted by Gasteiger charge is 2.18. The summed E-state index contributed by atoms with van der Waals surface area (Å²) >= 11 is 1.58. The van der Waals surface area contributed by atoms with Crippen molar-refractivity contribution in [1.29, 1.82) is 0 Å². The second-order valence-corrected chi connectivity index (χ2v) is 8.73. The van der Waals surface area contributed by atoms with Gasteiger partial charge >= 0.3 is 0 Å². The minimum atomic E-state index is 0.0534. The van der Waals surface area contributed by atoms with Gasteiger partial charge < -0.3 is 15.4 Å². The molecule has 4 rings (SSSR count). The number of hydrogen-bond acceptors (Lipinski definition) is 7. The fraction of sp³-hybridized carbons (Fsp3) is 0.269. The smallest absolute Gasteiger partial charge is 0.182 e. The lowest BCUT2D eigenvalue weighted by Gasteiger charge is -2.18. The molecule has 0 aliphatic carbocycles. The summed E-state index contributed by atoms with van der Waals surface area (Å²) < 4.78 is 6.09. The molecule has 4 aromatic rings. The maximum absolute atomic E-state index is 12.7. The molecule has 0 bridgehead atoms. The van der Waals surface area contributed by atoms with Gasteiger partial charge in [-0.2, -0.15) is 0 Å². The number of carbonyl (C=O) groups is 1. The number of pyridine rings is 1. The first-order valence-corrected chi connectivity index (χ1v) is 12.0. The minimum absolute atomic E-state index is 0.0534. The van der Waals surface area contributed by atoms with Crippen molar-refractivity contribution >= 4 is 44.5 Å². The van der Waals surface area contributed by atoms with Crippen molar-refractivity contribution in [2.45, 2.75) is 33.6 Å². The topological polar surface area (TPSA) is 76.1 Å². The van der Waals surface area contributed by atoms with Gasteiger partial charge in [0.1, 0.15) is 11.3 Å². The van der Waals surface area contributed by atoms with Crippen LogP contribution in [0.2, 0.25) is 0 Å². The first-order valence-electron chi connectivity index (χ1n) is 11.1. The highest BCUT2D eigenvalue weighted by molar-refractivity contribution is 7.13. The molecule has 0 atom stereocenters. The molecule has 6 nitrogen and oxygen atoms in total. The quantitative estimate of drug-likeness (QED) is 0.207. The normalized spacial score (nSPS) is 10.9. The van der Waals surface area contributed by atoms with E-state index in [1.165, 1.54) is 0 Å². The van der Waals surface area contributed by atoms with Crippen LogP contribution in [0.4, 0.5) is 16.5 Å². The maximum Gasteiger partial charge on any atom is 0.182 e. The van der Waals surface area contributed by atoms with E-state index >= 15 is 0 Å². The largest absolute Gasteiger partial charge is 0.491 e. The summed E-state index contributed by atoms with van der Waals surface area (Å²) in [4.78, 5) is 21.6. The molecule has 2 aromatic heterocycles. The summed E-state index contributed by atoms with van der Waals surface area (Å²) in [5.74, 6) is 0.763. The zero-order valence-electron chi connectivity index (χ0n) is 19.1. The number of carbonyl (C=O) groups excluding carboxylic acids is 1. The summed E-state index contributed by atoms with van der Waals surface area (Å²) in [6.07, 6.45) is 4.70. The van der Waals surface area contributed by atoms with Crippen molar-refractivity contribution in [2.75, 3.05) is 23.8 Å². The number of benzene rings is 2. The summed E-state index contributed by atoms with van der Waals surface area (Å²) in [6, 6.07) is 12.0. The number of nitrogens with one attached hydrogen (secondary N) is 2. The molecule has 0 spiro atoms. The Morgan fingerprint density at radius 2 is 1.85 bits per heavy atom. The Balaban J connectivity index is 1.61. The Morgan fingerprint density at radius 1 is 1.06 bits per heavy atom. The number of rotatable bonds is 10. The number of ketones is 1. The zero-order chi connectivity index (χ0) is 23.2. The molecule has 7 heteroatoms. The molecular weight excluding hydrogens is 432 g/mol. The molecular formula is C26H28N4O2S. The van der Waals surface area contributed by atoms with E-state index in [1.807, 2.05) is 36.6 Å². The Morgan fingerprint density at radius 3 is 2.58 bits per heavy atom. The van der Waals surface area contributed by atoms with Crippen LogP contribution < -0.4 is 15.4 Å². The van der Waals surface area contributed by atoms with Crippen molar-refractivity contribution in [3.8, 4) is 5.75 Å². The van der Waals surface area contributed by atoms with Crippen LogP contribution in [0.15, 0.2) is 54.2 Å². The van der Waals surface area contributed by atoms with Crippen LogP contribution in [-0.4, -0.2) is 28.9 Å². The van der Waals surface area contributed by atoms with Crippen LogP contribution in [0, 0.1) is 13.8 Å². The second kappa shape index (κ2) is 10.4. The Hall–Kier alpha value is -3.45. The molecule has 0 amide bonds. The van der Waals surface area contributed by atoms with E-state index in [0.29, 0.717) is 24.3 Å². The molecule has 33 heavy (non-hydrogen) atoms. The van der Waals surface area contributed by atoms with E-state index < -0.39 is 0 Å². The van der Waals surface area contributed by atoms with E-state index in [4.69, 9.17) is 4.74 Å². The lowest BCUT2D eigenvalue weighted by Crippen LogP contribution is -2.09. The van der Waals surface area contributed by atoms with Crippen LogP contribution >= 0.6 is 11.3 Å². The monoisotopic (exact) mass is 460 g/mol. The minimum Gasteiger partial charge on any atom is -0.491 e. The summed E-state index contributed by atoms with van der Waals surface area (Å²) in [7, 11) is 0. The van der Waals surface area contributed by atoms with Crippen molar-refractivity contribution in [3.63, 3.8) is 0 Å². The van der Waals surface area contributed by atoms with Gasteiger partial charge in [0, 0.05) is 41.8 Å². The van der Waals surface area contributed by atoms with E-state index in [1.54, 1.807) is 23.7 Å². The first kappa shape index (κ1) is 22.7. The van der Waals surface area contributed by atoms with Crippen molar-refractivity contribution in [1.82, 2.24) is 9.97 Å². The van der Waals surface area contributed by atoms with Gasteiger partial charge in [-0.25, -0.2) is 4.98 Å². The van der Waals surface area contributed by atoms with Crippen molar-refractivity contribution in [3.05, 3.63) is 70.9 Å². The van der Waals surface area contributed by atoms with Gasteiger partial charge in [0.05, 0.1) is 17.9 Å². The standard InChI is InChI=1S/C26H28N4O2S/c1-4-21(31)20-16-29-25-19(24(20)30-23-17(2)8-5-9-18(23)3)10-6-11-22(25)32-14-7-12-27-26-28-13-15-33-26/h5-6,8-11,13,15-16H,4,7,12,14H2,1-3H3,(H,27,28)(H,29,30). The maximum atomic E-state index is 12.7. The van der Waals surface area contributed by atoms with Gasteiger partial charge in [-0.15, -0.1) is 11.3 Å². The molecule has 0 unspecified atom stereocenters. The van der Waals surface area contributed by atoms with E-state index in [0.717, 1.165) is 51.5 Å². The zero-order valence-corrected chi connectivity index (χ0v) is 20.0. The van der Waals surface area contributed by atoms with Gasteiger partial charge in [-0.05, 0) is 37.5 Å². The van der Waals surface area contributed by atoms with Gasteiger partial charge in [-0.3, -0.25) is 9.78 Å². The number of fused-ring (bicyclic) bond motifs is 1. The molecule has 2 N–H and O–H groups in total. The Kier molecular flexibility index (Phi) is 7.19. The summed E-state index contributed by atoms with van der Waals surface area (Å²) in [5.41, 5.74) is 5.36. The molecule has 0 radical (unpaired) electrons. The number of thiazole rings is 1. The lowest BCUT2D eigenvalue weighted by molar-refractivity contribution is 0.0988. The average molecular weight is 461 g/mol. The summed E-state index contributed by atoms with van der Waals surface area (Å²) in [5, 5.41) is 10.6. The van der Waals surface area contributed by atoms with Crippen LogP contribution in [0.25, 0.3) is 10.9 Å². The van der Waals surface area contributed by atoms with E-state index in [2.05, 4.69) is 46.6 Å². The molecule has 0 aliphatic heterocycles. The third-order valence-corrected chi connectivity index (χ3v) is 6.23. The third kappa shape index (κ3) is 5.14. The number of nitrogens with zero attached hydrogens (tertiary/aromatic N) is 2. The lowest BCUT2D eigenvalue weighted by atomic mass is 10.0. The second-order valence-electron chi connectivity index (χ2n) is 7.83. The number of Topliss-reactive ketones (excluding diaryl/α,β-unsaturated/α-hetero) is 1. The summed E-state index contributed by atoms with van der Waals surface area (Å²) in [6.45, 7) is 7.33. The first-order chi connectivity index (χ1) is 16.1. The van der Waals surface area contributed by atoms with Gasteiger partial charge in [0.2, 0.25) is 0 Å². The molecule has 0 fully saturated rings. The van der Waals surface area contributed by atoms with Crippen molar-refractivity contribution in [2.24, 2.45) is 0 Å². The number of para-hydroxylation sites is 2. The highest BCUT2D eigenvalue weighted by Crippen LogP contribution is 2.35. The fourth-order valence-electron chi connectivity index (χ4n) is 3.75. The predicted molar refractivity (Wildman–Crippen MR) is 136 cm³/mol.